The van der Waals surface area contributed by atoms with E-state index in [4.69, 9.17) is 4.98 Å². The first-order chi connectivity index (χ1) is 14.3. The van der Waals surface area contributed by atoms with Gasteiger partial charge in [0.25, 0.3) is 0 Å². The summed E-state index contributed by atoms with van der Waals surface area (Å²) in [5, 5.41) is 3.38. The number of carbonyl (C=O) groups excluding carboxylic acids is 1. The van der Waals surface area contributed by atoms with Crippen LogP contribution in [0.5, 0.6) is 0 Å². The molecule has 5 nitrogen and oxygen atoms in total. The SMILES string of the molecule is O=C([C@H]1CCCNC1)N1CCC(c2ccccc2)(c2cn3ccccc3n2)CC1. The lowest BCUT2D eigenvalue weighted by Gasteiger charge is -2.42. The summed E-state index contributed by atoms with van der Waals surface area (Å²) in [6.07, 6.45) is 8.15. The minimum atomic E-state index is -0.144. The minimum Gasteiger partial charge on any atom is -0.342 e. The van der Waals surface area contributed by atoms with Crippen LogP contribution in [0.1, 0.15) is 36.9 Å². The monoisotopic (exact) mass is 388 g/mol. The second kappa shape index (κ2) is 7.64. The van der Waals surface area contributed by atoms with E-state index in [1.165, 1.54) is 5.56 Å². The van der Waals surface area contributed by atoms with E-state index in [1.54, 1.807) is 0 Å². The zero-order chi connectivity index (χ0) is 19.7. The molecule has 2 aromatic heterocycles. The Morgan fingerprint density at radius 1 is 1.07 bits per heavy atom. The van der Waals surface area contributed by atoms with Crippen LogP contribution in [-0.4, -0.2) is 46.4 Å². The molecule has 1 atom stereocenters. The van der Waals surface area contributed by atoms with Crippen molar-refractivity contribution in [3.8, 4) is 0 Å². The summed E-state index contributed by atoms with van der Waals surface area (Å²) in [6, 6.07) is 16.8. The van der Waals surface area contributed by atoms with Crippen molar-refractivity contribution >= 4 is 11.6 Å². The van der Waals surface area contributed by atoms with E-state index in [2.05, 4.69) is 63.4 Å². The van der Waals surface area contributed by atoms with Crippen LogP contribution in [0.3, 0.4) is 0 Å². The Hall–Kier alpha value is -2.66. The first-order valence-corrected chi connectivity index (χ1v) is 10.8. The van der Waals surface area contributed by atoms with E-state index >= 15 is 0 Å². The highest BCUT2D eigenvalue weighted by atomic mass is 16.2. The fourth-order valence-electron chi connectivity index (χ4n) is 5.04. The summed E-state index contributed by atoms with van der Waals surface area (Å²) in [5.74, 6) is 0.469. The Kier molecular flexibility index (Phi) is 4.84. The molecule has 0 spiro atoms. The molecule has 5 rings (SSSR count). The second-order valence-corrected chi connectivity index (χ2v) is 8.41. The van der Waals surface area contributed by atoms with Gasteiger partial charge in [-0.25, -0.2) is 4.98 Å². The van der Waals surface area contributed by atoms with Gasteiger partial charge in [-0.1, -0.05) is 36.4 Å². The predicted octanol–water partition coefficient (Wildman–Crippen LogP) is 3.24. The third kappa shape index (κ3) is 3.33. The van der Waals surface area contributed by atoms with Gasteiger partial charge in [0.15, 0.2) is 0 Å². The number of aromatic nitrogens is 2. The number of piperidine rings is 2. The number of pyridine rings is 1. The van der Waals surface area contributed by atoms with E-state index in [1.807, 2.05) is 12.1 Å². The van der Waals surface area contributed by atoms with Crippen LogP contribution in [0.25, 0.3) is 5.65 Å². The molecule has 2 aliphatic heterocycles. The van der Waals surface area contributed by atoms with Crippen molar-refractivity contribution < 1.29 is 4.79 Å². The molecule has 2 aliphatic rings. The summed E-state index contributed by atoms with van der Waals surface area (Å²) in [4.78, 5) is 20.1. The fraction of sp³-hybridized carbons (Fsp3) is 0.417. The number of imidazole rings is 1. The standard InChI is InChI=1S/C24H28N4O/c29-23(19-7-6-13-25-17-19)27-15-11-24(12-16-27,20-8-2-1-3-9-20)21-18-28-14-5-4-10-22(28)26-21/h1-5,8-10,14,18-19,25H,6-7,11-13,15-17H2/t19-/m0/s1. The molecule has 3 aromatic rings. The molecule has 0 radical (unpaired) electrons. The molecule has 2 fully saturated rings. The van der Waals surface area contributed by atoms with Crippen LogP contribution in [0, 0.1) is 5.92 Å². The number of nitrogens with zero attached hydrogens (tertiary/aromatic N) is 3. The van der Waals surface area contributed by atoms with Gasteiger partial charge in [-0.05, 0) is 49.9 Å². The first-order valence-electron chi connectivity index (χ1n) is 10.8. The highest BCUT2D eigenvalue weighted by Crippen LogP contribution is 2.41. The number of hydrogen-bond donors (Lipinski definition) is 1. The molecule has 2 saturated heterocycles. The van der Waals surface area contributed by atoms with E-state index in [9.17, 15) is 4.79 Å². The predicted molar refractivity (Wildman–Crippen MR) is 114 cm³/mol. The number of likely N-dealkylation sites (tertiary alicyclic amines) is 1. The van der Waals surface area contributed by atoms with Gasteiger partial charge in [0, 0.05) is 37.4 Å². The summed E-state index contributed by atoms with van der Waals surface area (Å²) >= 11 is 0. The Balaban J connectivity index is 1.45. The lowest BCUT2D eigenvalue weighted by Crippen LogP contribution is -2.49. The summed E-state index contributed by atoms with van der Waals surface area (Å²) in [5.41, 5.74) is 3.25. The van der Waals surface area contributed by atoms with Crippen molar-refractivity contribution in [1.29, 1.82) is 0 Å². The Bertz CT molecular complexity index is 949. The van der Waals surface area contributed by atoms with Crippen molar-refractivity contribution in [3.63, 3.8) is 0 Å². The fourth-order valence-corrected chi connectivity index (χ4v) is 5.04. The Morgan fingerprint density at radius 2 is 1.86 bits per heavy atom. The molecule has 4 heterocycles. The lowest BCUT2D eigenvalue weighted by molar-refractivity contribution is -0.137. The quantitative estimate of drug-likeness (QED) is 0.749. The molecule has 1 N–H and O–H groups in total. The number of amides is 1. The van der Waals surface area contributed by atoms with Gasteiger partial charge < -0.3 is 14.6 Å². The highest BCUT2D eigenvalue weighted by Gasteiger charge is 2.41. The van der Waals surface area contributed by atoms with Gasteiger partial charge >= 0.3 is 0 Å². The van der Waals surface area contributed by atoms with Crippen molar-refractivity contribution in [2.45, 2.75) is 31.1 Å². The van der Waals surface area contributed by atoms with Gasteiger partial charge in [0.05, 0.1) is 11.6 Å². The van der Waals surface area contributed by atoms with Crippen molar-refractivity contribution in [3.05, 3.63) is 72.2 Å². The maximum Gasteiger partial charge on any atom is 0.226 e. The molecule has 0 unspecified atom stereocenters. The van der Waals surface area contributed by atoms with Crippen LogP contribution < -0.4 is 5.32 Å². The number of carbonyl (C=O) groups is 1. The third-order valence-electron chi connectivity index (χ3n) is 6.76. The topological polar surface area (TPSA) is 49.6 Å². The molecule has 1 aromatic carbocycles. The van der Waals surface area contributed by atoms with E-state index in [0.717, 1.165) is 63.2 Å². The number of hydrogen-bond acceptors (Lipinski definition) is 3. The number of fused-ring (bicyclic) bond motifs is 1. The van der Waals surface area contributed by atoms with Gasteiger partial charge in [-0.3, -0.25) is 4.79 Å². The van der Waals surface area contributed by atoms with Crippen molar-refractivity contribution in [2.24, 2.45) is 5.92 Å². The summed E-state index contributed by atoms with van der Waals surface area (Å²) < 4.78 is 2.10. The molecule has 1 amide bonds. The molecule has 0 bridgehead atoms. The van der Waals surface area contributed by atoms with Crippen LogP contribution in [-0.2, 0) is 10.2 Å². The molecular formula is C24H28N4O. The van der Waals surface area contributed by atoms with Crippen LogP contribution in [0.15, 0.2) is 60.9 Å². The zero-order valence-electron chi connectivity index (χ0n) is 16.8. The Morgan fingerprint density at radius 3 is 2.59 bits per heavy atom. The van der Waals surface area contributed by atoms with Gasteiger partial charge in [-0.2, -0.15) is 0 Å². The average molecular weight is 389 g/mol. The first kappa shape index (κ1) is 18.4. The van der Waals surface area contributed by atoms with E-state index < -0.39 is 0 Å². The normalized spacial score (nSPS) is 21.9. The number of nitrogens with one attached hydrogen (secondary N) is 1. The van der Waals surface area contributed by atoms with Crippen LogP contribution in [0.2, 0.25) is 0 Å². The largest absolute Gasteiger partial charge is 0.342 e. The van der Waals surface area contributed by atoms with E-state index in [-0.39, 0.29) is 11.3 Å². The van der Waals surface area contributed by atoms with E-state index in [0.29, 0.717) is 5.91 Å². The molecule has 150 valence electrons. The average Bonchev–Trinajstić information content (AvgIpc) is 3.25. The van der Waals surface area contributed by atoms with Crippen molar-refractivity contribution in [1.82, 2.24) is 19.6 Å². The summed E-state index contributed by atoms with van der Waals surface area (Å²) in [7, 11) is 0. The zero-order valence-corrected chi connectivity index (χ0v) is 16.8. The molecule has 5 heteroatoms. The smallest absolute Gasteiger partial charge is 0.226 e. The van der Waals surface area contributed by atoms with Crippen LogP contribution >= 0.6 is 0 Å². The molecule has 0 saturated carbocycles. The number of rotatable bonds is 3. The highest BCUT2D eigenvalue weighted by molar-refractivity contribution is 5.79. The third-order valence-corrected chi connectivity index (χ3v) is 6.76. The van der Waals surface area contributed by atoms with Crippen LogP contribution in [0.4, 0.5) is 0 Å². The lowest BCUT2D eigenvalue weighted by atomic mass is 9.70. The summed E-state index contributed by atoms with van der Waals surface area (Å²) in [6.45, 7) is 3.44. The second-order valence-electron chi connectivity index (χ2n) is 8.41. The molecular weight excluding hydrogens is 360 g/mol. The van der Waals surface area contributed by atoms with Gasteiger partial charge in [0.1, 0.15) is 5.65 Å². The number of benzene rings is 1. The maximum absolute atomic E-state index is 13.0. The van der Waals surface area contributed by atoms with Gasteiger partial charge in [0.2, 0.25) is 5.91 Å². The minimum absolute atomic E-state index is 0.142. The van der Waals surface area contributed by atoms with Crippen molar-refractivity contribution in [2.75, 3.05) is 26.2 Å². The maximum atomic E-state index is 13.0. The Labute approximate surface area is 171 Å². The molecule has 0 aliphatic carbocycles. The molecule has 29 heavy (non-hydrogen) atoms. The van der Waals surface area contributed by atoms with Gasteiger partial charge in [-0.15, -0.1) is 0 Å².